The van der Waals surface area contributed by atoms with Gasteiger partial charge in [0.1, 0.15) is 10.6 Å². The van der Waals surface area contributed by atoms with Gasteiger partial charge in [0.15, 0.2) is 0 Å². The van der Waals surface area contributed by atoms with Crippen molar-refractivity contribution >= 4 is 38.9 Å². The van der Waals surface area contributed by atoms with Crippen LogP contribution in [0.1, 0.15) is 45.7 Å². The highest BCUT2D eigenvalue weighted by Gasteiger charge is 2.24. The minimum atomic E-state index is -0.624. The number of ether oxygens (including phenoxy) is 1. The minimum Gasteiger partial charge on any atom is -0.490 e. The fraction of sp³-hybridized carbons (Fsp3) is 0.333. The maximum Gasteiger partial charge on any atom is 0.260 e. The van der Waals surface area contributed by atoms with Crippen LogP contribution in [-0.4, -0.2) is 17.9 Å². The van der Waals surface area contributed by atoms with E-state index in [0.717, 1.165) is 37.0 Å². The third kappa shape index (κ3) is 2.37. The van der Waals surface area contributed by atoms with Crippen LogP contribution in [0.5, 0.6) is 5.75 Å². The summed E-state index contributed by atoms with van der Waals surface area (Å²) in [6.45, 7) is 0. The van der Waals surface area contributed by atoms with Crippen molar-refractivity contribution in [1.29, 1.82) is 0 Å². The highest BCUT2D eigenvalue weighted by Crippen LogP contribution is 2.42. The van der Waals surface area contributed by atoms with Crippen LogP contribution in [0.3, 0.4) is 0 Å². The molecule has 0 unspecified atom stereocenters. The van der Waals surface area contributed by atoms with Crippen molar-refractivity contribution in [3.05, 3.63) is 22.6 Å². The molecule has 1 aliphatic rings. The van der Waals surface area contributed by atoms with Crippen molar-refractivity contribution in [2.45, 2.75) is 31.8 Å². The number of hydrogen-bond acceptors (Lipinski definition) is 5. The molecule has 1 aliphatic carbocycles. The number of anilines is 1. The van der Waals surface area contributed by atoms with Gasteiger partial charge in [0, 0.05) is 0 Å². The summed E-state index contributed by atoms with van der Waals surface area (Å²) >= 11 is 1.08. The van der Waals surface area contributed by atoms with Gasteiger partial charge in [-0.2, -0.15) is 0 Å². The number of benzene rings is 1. The first-order valence-corrected chi connectivity index (χ1v) is 7.92. The van der Waals surface area contributed by atoms with Gasteiger partial charge in [-0.25, -0.2) is 0 Å². The fourth-order valence-electron chi connectivity index (χ4n) is 2.86. The summed E-state index contributed by atoms with van der Waals surface area (Å²) in [5.74, 6) is -0.622. The molecule has 2 aromatic rings. The van der Waals surface area contributed by atoms with Crippen LogP contribution in [0.4, 0.5) is 5.69 Å². The zero-order chi connectivity index (χ0) is 15.9. The smallest absolute Gasteiger partial charge is 0.260 e. The van der Waals surface area contributed by atoms with Crippen LogP contribution >= 0.6 is 11.3 Å². The first kappa shape index (κ1) is 14.6. The summed E-state index contributed by atoms with van der Waals surface area (Å²) in [5.41, 5.74) is 17.4. The predicted molar refractivity (Wildman–Crippen MR) is 86.2 cm³/mol. The van der Waals surface area contributed by atoms with Crippen molar-refractivity contribution in [2.75, 3.05) is 5.73 Å². The summed E-state index contributed by atoms with van der Waals surface area (Å²) < 4.78 is 6.57. The molecule has 2 amide bonds. The second kappa shape index (κ2) is 5.49. The third-order valence-electron chi connectivity index (χ3n) is 3.92. The Morgan fingerprint density at radius 1 is 1.14 bits per heavy atom. The lowest BCUT2D eigenvalue weighted by Gasteiger charge is -2.15. The number of hydrogen-bond donors (Lipinski definition) is 3. The van der Waals surface area contributed by atoms with E-state index in [1.165, 1.54) is 0 Å². The first-order valence-electron chi connectivity index (χ1n) is 7.10. The van der Waals surface area contributed by atoms with Crippen LogP contribution in [0.25, 0.3) is 10.1 Å². The van der Waals surface area contributed by atoms with Gasteiger partial charge < -0.3 is 21.9 Å². The molecule has 1 fully saturated rings. The quantitative estimate of drug-likeness (QED) is 0.797. The molecular formula is C15H17N3O3S. The molecular weight excluding hydrogens is 302 g/mol. The molecule has 6 nitrogen and oxygen atoms in total. The van der Waals surface area contributed by atoms with E-state index in [9.17, 15) is 9.59 Å². The van der Waals surface area contributed by atoms with E-state index < -0.39 is 11.8 Å². The van der Waals surface area contributed by atoms with Crippen molar-refractivity contribution in [1.82, 2.24) is 0 Å². The fourth-order valence-corrected chi connectivity index (χ4v) is 3.97. The average Bonchev–Trinajstić information content (AvgIpc) is 3.07. The Morgan fingerprint density at radius 2 is 1.82 bits per heavy atom. The molecule has 0 bridgehead atoms. The molecule has 22 heavy (non-hydrogen) atoms. The number of carbonyl (C=O) groups excluding carboxylic acids is 2. The molecule has 1 heterocycles. The highest BCUT2D eigenvalue weighted by molar-refractivity contribution is 7.22. The van der Waals surface area contributed by atoms with Gasteiger partial charge in [0.05, 0.1) is 27.4 Å². The zero-order valence-electron chi connectivity index (χ0n) is 11.9. The molecule has 0 spiro atoms. The number of carbonyl (C=O) groups is 2. The summed E-state index contributed by atoms with van der Waals surface area (Å²) in [6.07, 6.45) is 4.40. The number of fused-ring (bicyclic) bond motifs is 1. The van der Waals surface area contributed by atoms with E-state index in [1.54, 1.807) is 12.1 Å². The predicted octanol–water partition coefficient (Wildman–Crippen LogP) is 2.00. The third-order valence-corrected chi connectivity index (χ3v) is 5.18. The van der Waals surface area contributed by atoms with Crippen molar-refractivity contribution in [3.8, 4) is 5.75 Å². The Bertz CT molecular complexity index is 763. The Balaban J connectivity index is 2.18. The zero-order valence-corrected chi connectivity index (χ0v) is 12.7. The summed E-state index contributed by atoms with van der Waals surface area (Å²) in [5, 5.41) is 0.557. The van der Waals surface area contributed by atoms with Crippen LogP contribution in [0.2, 0.25) is 0 Å². The molecule has 116 valence electrons. The SMILES string of the molecule is NC(=O)c1sc2c(C(N)=O)ccc(OC3CCCC3)c2c1N. The van der Waals surface area contributed by atoms with Crippen LogP contribution in [0.15, 0.2) is 12.1 Å². The van der Waals surface area contributed by atoms with Gasteiger partial charge in [0.2, 0.25) is 5.91 Å². The van der Waals surface area contributed by atoms with Crippen LogP contribution < -0.4 is 21.9 Å². The second-order valence-corrected chi connectivity index (χ2v) is 6.43. The summed E-state index contributed by atoms with van der Waals surface area (Å²) in [4.78, 5) is 23.3. The number of nitrogen functional groups attached to an aromatic ring is 1. The van der Waals surface area contributed by atoms with Crippen LogP contribution in [0, 0.1) is 0 Å². The number of rotatable bonds is 4. The van der Waals surface area contributed by atoms with Crippen molar-refractivity contribution < 1.29 is 14.3 Å². The molecule has 7 heteroatoms. The number of primary amides is 2. The molecule has 3 rings (SSSR count). The average molecular weight is 319 g/mol. The van der Waals surface area contributed by atoms with E-state index in [2.05, 4.69) is 0 Å². The van der Waals surface area contributed by atoms with Gasteiger partial charge in [-0.3, -0.25) is 9.59 Å². The highest BCUT2D eigenvalue weighted by atomic mass is 32.1. The summed E-state index contributed by atoms with van der Waals surface area (Å²) in [6, 6.07) is 3.30. The first-order chi connectivity index (χ1) is 10.5. The van der Waals surface area contributed by atoms with E-state index >= 15 is 0 Å². The maximum absolute atomic E-state index is 11.6. The van der Waals surface area contributed by atoms with Gasteiger partial charge in [-0.15, -0.1) is 11.3 Å². The van der Waals surface area contributed by atoms with Crippen molar-refractivity contribution in [2.24, 2.45) is 11.5 Å². The standard InChI is InChI=1S/C15H17N3O3S/c16-11-10-9(21-7-3-1-2-4-7)6-5-8(14(17)19)12(10)22-13(11)15(18)20/h5-7H,1-4,16H2,(H2,17,19)(H2,18,20). The molecule has 0 atom stereocenters. The Hall–Kier alpha value is -2.28. The normalized spacial score (nSPS) is 15.3. The lowest BCUT2D eigenvalue weighted by atomic mass is 10.1. The van der Waals surface area contributed by atoms with E-state index in [0.29, 0.717) is 21.4 Å². The largest absolute Gasteiger partial charge is 0.490 e. The van der Waals surface area contributed by atoms with E-state index in [1.807, 2.05) is 0 Å². The Morgan fingerprint density at radius 3 is 2.41 bits per heavy atom. The molecule has 1 aromatic carbocycles. The lowest BCUT2D eigenvalue weighted by Crippen LogP contribution is -2.13. The Labute approximate surface area is 131 Å². The van der Waals surface area contributed by atoms with E-state index in [-0.39, 0.29) is 16.7 Å². The monoisotopic (exact) mass is 319 g/mol. The summed E-state index contributed by atoms with van der Waals surface area (Å²) in [7, 11) is 0. The minimum absolute atomic E-state index is 0.138. The number of thiophene rings is 1. The molecule has 6 N–H and O–H groups in total. The van der Waals surface area contributed by atoms with Crippen molar-refractivity contribution in [3.63, 3.8) is 0 Å². The molecule has 1 aromatic heterocycles. The second-order valence-electron chi connectivity index (χ2n) is 5.41. The van der Waals surface area contributed by atoms with E-state index in [4.69, 9.17) is 21.9 Å². The maximum atomic E-state index is 11.6. The van der Waals surface area contributed by atoms with Gasteiger partial charge in [-0.1, -0.05) is 0 Å². The molecule has 0 saturated heterocycles. The van der Waals surface area contributed by atoms with Gasteiger partial charge in [0.25, 0.3) is 5.91 Å². The lowest BCUT2D eigenvalue weighted by molar-refractivity contribution is 0.0994. The molecule has 0 aliphatic heterocycles. The molecule has 0 radical (unpaired) electrons. The van der Waals surface area contributed by atoms with Crippen LogP contribution in [-0.2, 0) is 0 Å². The topological polar surface area (TPSA) is 121 Å². The molecule has 1 saturated carbocycles. The van der Waals surface area contributed by atoms with Gasteiger partial charge in [-0.05, 0) is 37.8 Å². The number of nitrogens with two attached hydrogens (primary N) is 3. The van der Waals surface area contributed by atoms with Gasteiger partial charge >= 0.3 is 0 Å². The Kier molecular flexibility index (Phi) is 3.66. The number of amides is 2.